The maximum Gasteiger partial charge on any atom is 0.320 e. The molecule has 1 aromatic heterocycles. The number of pyridine rings is 1. The second kappa shape index (κ2) is 7.89. The zero-order chi connectivity index (χ0) is 14.3. The van der Waals surface area contributed by atoms with Crippen LogP contribution in [-0.4, -0.2) is 28.6 Å². The van der Waals surface area contributed by atoms with Crippen molar-refractivity contribution in [3.05, 3.63) is 29.6 Å². The topological polar surface area (TPSA) is 62.2 Å². The Balaban J connectivity index is 2.28. The first-order chi connectivity index (χ1) is 8.99. The standard InChI is InChI=1S/C15H24N2O2/c1-11(2)9-14(15(18)19)16-8-4-5-13-7-6-12(3)17-10-13/h6-7,10-11,14,16H,4-5,8-9H2,1-3H3,(H,18,19)/t14-/m0/s1. The van der Waals surface area contributed by atoms with Gasteiger partial charge in [-0.25, -0.2) is 0 Å². The van der Waals surface area contributed by atoms with Crippen molar-refractivity contribution < 1.29 is 9.90 Å². The smallest absolute Gasteiger partial charge is 0.320 e. The molecule has 0 fully saturated rings. The average molecular weight is 264 g/mol. The van der Waals surface area contributed by atoms with E-state index in [0.29, 0.717) is 12.3 Å². The summed E-state index contributed by atoms with van der Waals surface area (Å²) in [7, 11) is 0. The summed E-state index contributed by atoms with van der Waals surface area (Å²) < 4.78 is 0. The number of hydrogen-bond acceptors (Lipinski definition) is 3. The van der Waals surface area contributed by atoms with Gasteiger partial charge >= 0.3 is 5.97 Å². The molecule has 2 N–H and O–H groups in total. The third-order valence-corrected chi connectivity index (χ3v) is 3.01. The van der Waals surface area contributed by atoms with E-state index in [2.05, 4.69) is 16.4 Å². The number of aromatic nitrogens is 1. The number of nitrogens with one attached hydrogen (secondary N) is 1. The summed E-state index contributed by atoms with van der Waals surface area (Å²) in [6.07, 6.45) is 4.40. The van der Waals surface area contributed by atoms with Crippen LogP contribution in [0.2, 0.25) is 0 Å². The van der Waals surface area contributed by atoms with Gasteiger partial charge in [0.05, 0.1) is 0 Å². The summed E-state index contributed by atoms with van der Waals surface area (Å²) in [5.74, 6) is -0.374. The molecule has 4 nitrogen and oxygen atoms in total. The molecule has 4 heteroatoms. The largest absolute Gasteiger partial charge is 0.480 e. The van der Waals surface area contributed by atoms with Gasteiger partial charge in [-0.15, -0.1) is 0 Å². The zero-order valence-electron chi connectivity index (χ0n) is 12.0. The summed E-state index contributed by atoms with van der Waals surface area (Å²) in [6, 6.07) is 3.64. The molecule has 0 aliphatic carbocycles. The van der Waals surface area contributed by atoms with Gasteiger partial charge in [0.25, 0.3) is 0 Å². The van der Waals surface area contributed by atoms with Crippen LogP contribution >= 0.6 is 0 Å². The van der Waals surface area contributed by atoms with Crippen LogP contribution in [0.5, 0.6) is 0 Å². The first kappa shape index (κ1) is 15.6. The van der Waals surface area contributed by atoms with E-state index in [9.17, 15) is 4.79 Å². The van der Waals surface area contributed by atoms with E-state index >= 15 is 0 Å². The lowest BCUT2D eigenvalue weighted by molar-refractivity contribution is -0.139. The predicted octanol–water partition coefficient (Wildman–Crippen LogP) is 2.41. The number of rotatable bonds is 8. The number of nitrogens with zero attached hydrogens (tertiary/aromatic N) is 1. The molecule has 106 valence electrons. The van der Waals surface area contributed by atoms with Crippen molar-refractivity contribution in [1.29, 1.82) is 0 Å². The molecule has 1 atom stereocenters. The van der Waals surface area contributed by atoms with Gasteiger partial charge < -0.3 is 10.4 Å². The quantitative estimate of drug-likeness (QED) is 0.708. The average Bonchev–Trinajstić information content (AvgIpc) is 2.34. The maximum absolute atomic E-state index is 11.1. The summed E-state index contributed by atoms with van der Waals surface area (Å²) >= 11 is 0. The number of aryl methyl sites for hydroxylation is 2. The molecular weight excluding hydrogens is 240 g/mol. The molecule has 1 heterocycles. The lowest BCUT2D eigenvalue weighted by Crippen LogP contribution is -2.38. The van der Waals surface area contributed by atoms with Gasteiger partial charge in [-0.05, 0) is 50.3 Å². The third kappa shape index (κ3) is 6.34. The summed E-state index contributed by atoms with van der Waals surface area (Å²) in [5.41, 5.74) is 2.22. The second-order valence-electron chi connectivity index (χ2n) is 5.39. The number of carbonyl (C=O) groups is 1. The molecule has 0 spiro atoms. The van der Waals surface area contributed by atoms with Gasteiger partial charge in [0, 0.05) is 11.9 Å². The minimum atomic E-state index is -0.759. The number of carboxylic acid groups (broad SMARTS) is 1. The Kier molecular flexibility index (Phi) is 6.50. The fourth-order valence-corrected chi connectivity index (χ4v) is 1.96. The molecule has 0 saturated carbocycles. The normalized spacial score (nSPS) is 12.6. The minimum Gasteiger partial charge on any atom is -0.480 e. The molecule has 0 amide bonds. The van der Waals surface area contributed by atoms with E-state index < -0.39 is 12.0 Å². The van der Waals surface area contributed by atoms with Gasteiger partial charge in [-0.2, -0.15) is 0 Å². The SMILES string of the molecule is Cc1ccc(CCCN[C@@H](CC(C)C)C(=O)O)cn1. The summed E-state index contributed by atoms with van der Waals surface area (Å²) in [4.78, 5) is 15.3. The lowest BCUT2D eigenvalue weighted by atomic mass is 10.0. The van der Waals surface area contributed by atoms with Crippen LogP contribution in [0.4, 0.5) is 0 Å². The Labute approximate surface area is 115 Å². The molecule has 0 bridgehead atoms. The Morgan fingerprint density at radius 2 is 2.16 bits per heavy atom. The third-order valence-electron chi connectivity index (χ3n) is 3.01. The van der Waals surface area contributed by atoms with Crippen molar-refractivity contribution in [1.82, 2.24) is 10.3 Å². The molecule has 1 rings (SSSR count). The van der Waals surface area contributed by atoms with Gasteiger partial charge in [-0.3, -0.25) is 9.78 Å². The van der Waals surface area contributed by atoms with Crippen molar-refractivity contribution >= 4 is 5.97 Å². The van der Waals surface area contributed by atoms with Crippen molar-refractivity contribution in [2.75, 3.05) is 6.54 Å². The van der Waals surface area contributed by atoms with Crippen molar-refractivity contribution in [2.24, 2.45) is 5.92 Å². The molecule has 0 radical (unpaired) electrons. The Morgan fingerprint density at radius 3 is 2.68 bits per heavy atom. The molecule has 0 aliphatic heterocycles. The van der Waals surface area contributed by atoms with Crippen LogP contribution in [0.25, 0.3) is 0 Å². The van der Waals surface area contributed by atoms with Crippen LogP contribution in [0.1, 0.15) is 37.9 Å². The molecule has 0 aliphatic rings. The molecule has 0 aromatic carbocycles. The van der Waals surface area contributed by atoms with Gasteiger partial charge in [0.1, 0.15) is 6.04 Å². The van der Waals surface area contributed by atoms with Crippen LogP contribution in [0, 0.1) is 12.8 Å². The zero-order valence-corrected chi connectivity index (χ0v) is 12.0. The Hall–Kier alpha value is -1.42. The maximum atomic E-state index is 11.1. The summed E-state index contributed by atoms with van der Waals surface area (Å²) in [5, 5.41) is 12.2. The van der Waals surface area contributed by atoms with E-state index in [1.54, 1.807) is 0 Å². The van der Waals surface area contributed by atoms with Crippen LogP contribution in [0.15, 0.2) is 18.3 Å². The first-order valence-electron chi connectivity index (χ1n) is 6.86. The Morgan fingerprint density at radius 1 is 1.42 bits per heavy atom. The van der Waals surface area contributed by atoms with Crippen molar-refractivity contribution in [2.45, 2.75) is 46.1 Å². The minimum absolute atomic E-state index is 0.384. The summed E-state index contributed by atoms with van der Waals surface area (Å²) in [6.45, 7) is 6.76. The van der Waals surface area contributed by atoms with Crippen molar-refractivity contribution in [3.8, 4) is 0 Å². The van der Waals surface area contributed by atoms with Crippen molar-refractivity contribution in [3.63, 3.8) is 0 Å². The molecular formula is C15H24N2O2. The van der Waals surface area contributed by atoms with Gasteiger partial charge in [0.2, 0.25) is 0 Å². The van der Waals surface area contributed by atoms with E-state index in [-0.39, 0.29) is 0 Å². The second-order valence-corrected chi connectivity index (χ2v) is 5.39. The number of carboxylic acids is 1. The van der Waals surface area contributed by atoms with Gasteiger partial charge in [-0.1, -0.05) is 19.9 Å². The van der Waals surface area contributed by atoms with E-state index in [4.69, 9.17) is 5.11 Å². The van der Waals surface area contributed by atoms with Crippen LogP contribution in [0.3, 0.4) is 0 Å². The lowest BCUT2D eigenvalue weighted by Gasteiger charge is -2.16. The number of aliphatic carboxylic acids is 1. The molecule has 0 saturated heterocycles. The van der Waals surface area contributed by atoms with E-state index in [0.717, 1.165) is 25.1 Å². The molecule has 0 unspecified atom stereocenters. The van der Waals surface area contributed by atoms with Gasteiger partial charge in [0.15, 0.2) is 0 Å². The highest BCUT2D eigenvalue weighted by molar-refractivity contribution is 5.73. The monoisotopic (exact) mass is 264 g/mol. The number of hydrogen-bond donors (Lipinski definition) is 2. The highest BCUT2D eigenvalue weighted by Gasteiger charge is 2.17. The highest BCUT2D eigenvalue weighted by Crippen LogP contribution is 2.06. The van der Waals surface area contributed by atoms with Crippen LogP contribution in [-0.2, 0) is 11.2 Å². The fraction of sp³-hybridized carbons (Fsp3) is 0.600. The molecule has 19 heavy (non-hydrogen) atoms. The fourth-order valence-electron chi connectivity index (χ4n) is 1.96. The first-order valence-corrected chi connectivity index (χ1v) is 6.86. The van der Waals surface area contributed by atoms with Crippen LogP contribution < -0.4 is 5.32 Å². The predicted molar refractivity (Wildman–Crippen MR) is 76.2 cm³/mol. The Bertz CT molecular complexity index is 388. The molecule has 1 aromatic rings. The van der Waals surface area contributed by atoms with E-state index in [1.165, 1.54) is 5.56 Å². The highest BCUT2D eigenvalue weighted by atomic mass is 16.4. The van der Waals surface area contributed by atoms with E-state index in [1.807, 2.05) is 33.0 Å².